The molecule has 0 spiro atoms. The lowest BCUT2D eigenvalue weighted by atomic mass is 9.85. The van der Waals surface area contributed by atoms with Gasteiger partial charge in [-0.05, 0) is 36.5 Å². The Morgan fingerprint density at radius 3 is 2.82 bits per heavy atom. The minimum Gasteiger partial charge on any atom is -0.370 e. The number of rotatable bonds is 3. The molecule has 1 aromatic rings. The van der Waals surface area contributed by atoms with Crippen LogP contribution in [0.5, 0.6) is 0 Å². The van der Waals surface area contributed by atoms with Gasteiger partial charge in [-0.15, -0.1) is 0 Å². The van der Waals surface area contributed by atoms with E-state index in [1.54, 1.807) is 12.1 Å². The summed E-state index contributed by atoms with van der Waals surface area (Å²) >= 11 is 0. The van der Waals surface area contributed by atoms with E-state index < -0.39 is 0 Å². The van der Waals surface area contributed by atoms with Gasteiger partial charge in [0, 0.05) is 24.8 Å². The number of benzene rings is 1. The molecule has 0 saturated carbocycles. The molecule has 2 N–H and O–H groups in total. The van der Waals surface area contributed by atoms with E-state index in [1.165, 1.54) is 5.56 Å². The lowest BCUT2D eigenvalue weighted by molar-refractivity contribution is 0.306. The largest absolute Gasteiger partial charge is 0.370 e. The van der Waals surface area contributed by atoms with E-state index in [2.05, 4.69) is 18.7 Å². The molecule has 0 bridgehead atoms. The van der Waals surface area contributed by atoms with Gasteiger partial charge in [0.25, 0.3) is 0 Å². The normalized spacial score (nSPS) is 17.1. The molecule has 1 heterocycles. The first-order valence-corrected chi connectivity index (χ1v) is 6.19. The average molecular weight is 236 g/mol. The topological polar surface area (TPSA) is 29.3 Å². The molecule has 0 radical (unpaired) electrons. The van der Waals surface area contributed by atoms with Gasteiger partial charge in [-0.1, -0.05) is 19.9 Å². The van der Waals surface area contributed by atoms with E-state index >= 15 is 0 Å². The van der Waals surface area contributed by atoms with Crippen molar-refractivity contribution in [2.24, 2.45) is 11.1 Å². The van der Waals surface area contributed by atoms with Gasteiger partial charge in [-0.2, -0.15) is 0 Å². The van der Waals surface area contributed by atoms with Gasteiger partial charge in [-0.25, -0.2) is 4.39 Å². The zero-order valence-electron chi connectivity index (χ0n) is 10.8. The Labute approximate surface area is 103 Å². The molecular weight excluding hydrogens is 215 g/mol. The van der Waals surface area contributed by atoms with Crippen molar-refractivity contribution in [3.63, 3.8) is 0 Å². The van der Waals surface area contributed by atoms with Crippen LogP contribution < -0.4 is 10.6 Å². The standard InChI is InChI=1S/C14H21FN2/c1-10(16)14(2,3)9-17-7-6-11-4-5-12(15)8-13(11)17/h4-5,8,10H,6-7,9,16H2,1-3H3. The number of nitrogens with zero attached hydrogens (tertiary/aromatic N) is 1. The second-order valence-corrected chi connectivity index (χ2v) is 5.72. The minimum atomic E-state index is -0.158. The molecule has 0 amide bonds. The highest BCUT2D eigenvalue weighted by molar-refractivity contribution is 5.58. The fraction of sp³-hybridized carbons (Fsp3) is 0.571. The Morgan fingerprint density at radius 1 is 1.47 bits per heavy atom. The molecule has 1 aliphatic heterocycles. The van der Waals surface area contributed by atoms with Gasteiger partial charge in [0.1, 0.15) is 5.82 Å². The average Bonchev–Trinajstić information content (AvgIpc) is 2.60. The molecule has 1 atom stereocenters. The lowest BCUT2D eigenvalue weighted by Crippen LogP contribution is -2.43. The van der Waals surface area contributed by atoms with Gasteiger partial charge in [-0.3, -0.25) is 0 Å². The molecule has 0 aromatic heterocycles. The van der Waals surface area contributed by atoms with Crippen LogP contribution >= 0.6 is 0 Å². The molecule has 1 unspecified atom stereocenters. The third kappa shape index (κ3) is 2.44. The molecule has 0 saturated heterocycles. The molecule has 0 aliphatic carbocycles. The molecule has 2 rings (SSSR count). The maximum absolute atomic E-state index is 13.3. The molecule has 3 heteroatoms. The third-order valence-electron chi connectivity index (χ3n) is 3.87. The van der Waals surface area contributed by atoms with Crippen molar-refractivity contribution >= 4 is 5.69 Å². The van der Waals surface area contributed by atoms with Crippen molar-refractivity contribution in [3.8, 4) is 0 Å². The molecule has 17 heavy (non-hydrogen) atoms. The maximum Gasteiger partial charge on any atom is 0.125 e. The van der Waals surface area contributed by atoms with E-state index in [1.807, 2.05) is 13.0 Å². The summed E-state index contributed by atoms with van der Waals surface area (Å²) < 4.78 is 13.3. The number of fused-ring (bicyclic) bond motifs is 1. The fourth-order valence-electron chi connectivity index (χ4n) is 2.22. The maximum atomic E-state index is 13.3. The summed E-state index contributed by atoms with van der Waals surface area (Å²) in [4.78, 5) is 2.25. The Kier molecular flexibility index (Phi) is 3.13. The van der Waals surface area contributed by atoms with Crippen LogP contribution in [0, 0.1) is 11.2 Å². The summed E-state index contributed by atoms with van der Waals surface area (Å²) in [6, 6.07) is 5.20. The van der Waals surface area contributed by atoms with E-state index in [-0.39, 0.29) is 17.3 Å². The van der Waals surface area contributed by atoms with Crippen molar-refractivity contribution in [1.29, 1.82) is 0 Å². The highest BCUT2D eigenvalue weighted by Gasteiger charge is 2.29. The number of anilines is 1. The molecular formula is C14H21FN2. The van der Waals surface area contributed by atoms with Crippen LogP contribution in [-0.2, 0) is 6.42 Å². The van der Waals surface area contributed by atoms with Gasteiger partial charge in [0.05, 0.1) is 0 Å². The molecule has 94 valence electrons. The van der Waals surface area contributed by atoms with Crippen molar-refractivity contribution in [2.45, 2.75) is 33.2 Å². The van der Waals surface area contributed by atoms with Crippen molar-refractivity contribution < 1.29 is 4.39 Å². The van der Waals surface area contributed by atoms with Gasteiger partial charge in [0.15, 0.2) is 0 Å². The molecule has 2 nitrogen and oxygen atoms in total. The van der Waals surface area contributed by atoms with E-state index in [9.17, 15) is 4.39 Å². The van der Waals surface area contributed by atoms with Crippen LogP contribution in [-0.4, -0.2) is 19.1 Å². The van der Waals surface area contributed by atoms with Crippen molar-refractivity contribution in [1.82, 2.24) is 0 Å². The Morgan fingerprint density at radius 2 is 2.18 bits per heavy atom. The minimum absolute atomic E-state index is 0.0356. The fourth-order valence-corrected chi connectivity index (χ4v) is 2.22. The first-order valence-electron chi connectivity index (χ1n) is 6.19. The third-order valence-corrected chi connectivity index (χ3v) is 3.87. The molecule has 1 aromatic carbocycles. The van der Waals surface area contributed by atoms with Crippen LogP contribution in [0.4, 0.5) is 10.1 Å². The van der Waals surface area contributed by atoms with Crippen LogP contribution in [0.3, 0.4) is 0 Å². The Bertz CT molecular complexity index is 413. The highest BCUT2D eigenvalue weighted by Crippen LogP contribution is 2.32. The van der Waals surface area contributed by atoms with Crippen LogP contribution in [0.25, 0.3) is 0 Å². The zero-order valence-corrected chi connectivity index (χ0v) is 10.8. The van der Waals surface area contributed by atoms with Crippen molar-refractivity contribution in [3.05, 3.63) is 29.6 Å². The quantitative estimate of drug-likeness (QED) is 0.874. The second kappa shape index (κ2) is 4.30. The van der Waals surface area contributed by atoms with Gasteiger partial charge >= 0.3 is 0 Å². The smallest absolute Gasteiger partial charge is 0.125 e. The monoisotopic (exact) mass is 236 g/mol. The number of halogens is 1. The van der Waals surface area contributed by atoms with Gasteiger partial charge in [0.2, 0.25) is 0 Å². The number of hydrogen-bond acceptors (Lipinski definition) is 2. The lowest BCUT2D eigenvalue weighted by Gasteiger charge is -2.34. The van der Waals surface area contributed by atoms with E-state index in [4.69, 9.17) is 5.73 Å². The van der Waals surface area contributed by atoms with E-state index in [0.29, 0.717) is 0 Å². The predicted molar refractivity (Wildman–Crippen MR) is 69.7 cm³/mol. The summed E-state index contributed by atoms with van der Waals surface area (Å²) in [7, 11) is 0. The Balaban J connectivity index is 2.20. The summed E-state index contributed by atoms with van der Waals surface area (Å²) in [6.45, 7) is 8.20. The summed E-state index contributed by atoms with van der Waals surface area (Å²) in [5, 5.41) is 0. The van der Waals surface area contributed by atoms with E-state index in [0.717, 1.165) is 25.2 Å². The summed E-state index contributed by atoms with van der Waals surface area (Å²) in [5.41, 5.74) is 8.32. The van der Waals surface area contributed by atoms with Crippen LogP contribution in [0.1, 0.15) is 26.3 Å². The number of hydrogen-bond donors (Lipinski definition) is 1. The highest BCUT2D eigenvalue weighted by atomic mass is 19.1. The van der Waals surface area contributed by atoms with Crippen LogP contribution in [0.15, 0.2) is 18.2 Å². The summed E-state index contributed by atoms with van der Waals surface area (Å²) in [6.07, 6.45) is 1.00. The van der Waals surface area contributed by atoms with Gasteiger partial charge < -0.3 is 10.6 Å². The SMILES string of the molecule is CC(N)C(C)(C)CN1CCc2ccc(F)cc21. The molecule has 0 fully saturated rings. The van der Waals surface area contributed by atoms with Crippen molar-refractivity contribution in [2.75, 3.05) is 18.0 Å². The first kappa shape index (κ1) is 12.4. The Hall–Kier alpha value is -1.09. The summed E-state index contributed by atoms with van der Waals surface area (Å²) in [5.74, 6) is -0.158. The first-order chi connectivity index (χ1) is 7.90. The zero-order chi connectivity index (χ0) is 12.6. The number of nitrogens with two attached hydrogens (primary N) is 1. The predicted octanol–water partition coefficient (Wildman–Crippen LogP) is 2.56. The van der Waals surface area contributed by atoms with Crippen LogP contribution in [0.2, 0.25) is 0 Å². The molecule has 1 aliphatic rings. The second-order valence-electron chi connectivity index (χ2n) is 5.72.